The summed E-state index contributed by atoms with van der Waals surface area (Å²) >= 11 is 0. The first-order valence-electron chi connectivity index (χ1n) is 9.39. The van der Waals surface area contributed by atoms with Gasteiger partial charge in [0.25, 0.3) is 0 Å². The number of carbonyl (C=O) groups is 1. The first-order valence-corrected chi connectivity index (χ1v) is 9.39. The van der Waals surface area contributed by atoms with E-state index in [1.54, 1.807) is 7.11 Å². The predicted octanol–water partition coefficient (Wildman–Crippen LogP) is 2.86. The van der Waals surface area contributed by atoms with Gasteiger partial charge in [-0.1, -0.05) is 23.8 Å². The lowest BCUT2D eigenvalue weighted by molar-refractivity contribution is -0.151. The second-order valence-corrected chi connectivity index (χ2v) is 7.77. The van der Waals surface area contributed by atoms with E-state index in [0.717, 1.165) is 48.6 Å². The number of rotatable bonds is 2. The Balaban J connectivity index is 1.79. The van der Waals surface area contributed by atoms with Gasteiger partial charge in [-0.3, -0.25) is 14.7 Å². The molecule has 3 fully saturated rings. The Morgan fingerprint density at radius 1 is 1.38 bits per heavy atom. The van der Waals surface area contributed by atoms with Crippen molar-refractivity contribution in [2.24, 2.45) is 16.8 Å². The molecule has 3 bridgehead atoms. The number of allylic oxidation sites excluding steroid dienone is 1. The molecule has 0 N–H and O–H groups in total. The first-order chi connectivity index (χ1) is 12.7. The first kappa shape index (κ1) is 16.1. The number of ether oxygens (including phenoxy) is 2. The van der Waals surface area contributed by atoms with Gasteiger partial charge in [0.1, 0.15) is 11.4 Å². The van der Waals surface area contributed by atoms with Crippen molar-refractivity contribution in [2.75, 3.05) is 27.3 Å². The number of benzene rings is 1. The molecule has 3 heterocycles. The molecule has 26 heavy (non-hydrogen) atoms. The highest BCUT2D eigenvalue weighted by molar-refractivity contribution is 6.10. The average Bonchev–Trinajstić information content (AvgIpc) is 3.03. The third-order valence-corrected chi connectivity index (χ3v) is 7.04. The van der Waals surface area contributed by atoms with E-state index in [0.29, 0.717) is 6.04 Å². The van der Waals surface area contributed by atoms with Gasteiger partial charge in [-0.2, -0.15) is 0 Å². The number of para-hydroxylation sites is 1. The molecule has 5 rings (SSSR count). The third kappa shape index (κ3) is 1.74. The van der Waals surface area contributed by atoms with Crippen molar-refractivity contribution in [1.29, 1.82) is 0 Å². The smallest absolute Gasteiger partial charge is 0.310 e. The highest BCUT2D eigenvalue weighted by Crippen LogP contribution is 2.61. The minimum atomic E-state index is -0.351. The van der Waals surface area contributed by atoms with Gasteiger partial charge in [0, 0.05) is 24.8 Å². The normalized spacial score (nSPS) is 35.7. The van der Waals surface area contributed by atoms with Crippen LogP contribution in [0.1, 0.15) is 25.3 Å². The monoisotopic (exact) mass is 352 g/mol. The molecule has 0 radical (unpaired) electrons. The highest BCUT2D eigenvalue weighted by Gasteiger charge is 2.65. The van der Waals surface area contributed by atoms with Crippen molar-refractivity contribution in [2.45, 2.75) is 31.2 Å². The standard InChI is InChI=1S/C21H24N2O3/c1-4-12-11-23-9-8-21-14-6-5-7-16(25-2)18(14)22-19(21)15(23)10-13(12)17(21)20(24)26-3/h4-7,13,15,17H,8-11H2,1-3H3/t13-,15-,17-,21-/m0/s1. The Bertz CT molecular complexity index is 859. The summed E-state index contributed by atoms with van der Waals surface area (Å²) in [4.78, 5) is 20.7. The van der Waals surface area contributed by atoms with Gasteiger partial charge in [0.2, 0.25) is 0 Å². The number of fused-ring (bicyclic) bond motifs is 2. The maximum Gasteiger partial charge on any atom is 0.310 e. The predicted molar refractivity (Wildman–Crippen MR) is 99.1 cm³/mol. The van der Waals surface area contributed by atoms with E-state index in [-0.39, 0.29) is 23.2 Å². The van der Waals surface area contributed by atoms with Crippen LogP contribution in [-0.2, 0) is 14.9 Å². The zero-order valence-corrected chi connectivity index (χ0v) is 15.5. The van der Waals surface area contributed by atoms with Crippen LogP contribution in [0.5, 0.6) is 5.75 Å². The van der Waals surface area contributed by atoms with Crippen LogP contribution in [0.3, 0.4) is 0 Å². The summed E-state index contributed by atoms with van der Waals surface area (Å²) in [5.74, 6) is 0.711. The second-order valence-electron chi connectivity index (χ2n) is 7.77. The highest BCUT2D eigenvalue weighted by atomic mass is 16.5. The molecule has 1 aromatic rings. The van der Waals surface area contributed by atoms with Gasteiger partial charge in [-0.15, -0.1) is 0 Å². The molecule has 0 unspecified atom stereocenters. The summed E-state index contributed by atoms with van der Waals surface area (Å²) in [5.41, 5.74) is 4.23. The number of piperidine rings is 2. The Hall–Kier alpha value is -2.14. The Labute approximate surface area is 153 Å². The summed E-state index contributed by atoms with van der Waals surface area (Å²) in [6, 6.07) is 6.43. The molecule has 4 atom stereocenters. The molecular weight excluding hydrogens is 328 g/mol. The number of hydrogen-bond acceptors (Lipinski definition) is 5. The van der Waals surface area contributed by atoms with E-state index in [9.17, 15) is 4.79 Å². The van der Waals surface area contributed by atoms with Crippen molar-refractivity contribution >= 4 is 17.4 Å². The van der Waals surface area contributed by atoms with E-state index >= 15 is 0 Å². The van der Waals surface area contributed by atoms with Crippen molar-refractivity contribution in [3.8, 4) is 5.75 Å². The van der Waals surface area contributed by atoms with Gasteiger partial charge in [0.15, 0.2) is 0 Å². The minimum Gasteiger partial charge on any atom is -0.494 e. The molecule has 0 amide bonds. The fraction of sp³-hybridized carbons (Fsp3) is 0.524. The molecule has 1 aromatic carbocycles. The van der Waals surface area contributed by atoms with E-state index < -0.39 is 0 Å². The van der Waals surface area contributed by atoms with E-state index in [1.165, 1.54) is 12.7 Å². The summed E-state index contributed by atoms with van der Waals surface area (Å²) in [7, 11) is 3.20. The summed E-state index contributed by atoms with van der Waals surface area (Å²) in [6.07, 6.45) is 4.07. The zero-order chi connectivity index (χ0) is 18.1. The average molecular weight is 352 g/mol. The third-order valence-electron chi connectivity index (χ3n) is 7.04. The Kier molecular flexibility index (Phi) is 3.35. The number of esters is 1. The number of hydrogen-bond donors (Lipinski definition) is 0. The number of nitrogens with zero attached hydrogens (tertiary/aromatic N) is 2. The summed E-state index contributed by atoms with van der Waals surface area (Å²) in [5, 5.41) is 0. The largest absolute Gasteiger partial charge is 0.494 e. The molecule has 1 saturated carbocycles. The fourth-order valence-corrected chi connectivity index (χ4v) is 5.97. The molecular formula is C21H24N2O3. The van der Waals surface area contributed by atoms with Gasteiger partial charge in [0.05, 0.1) is 25.6 Å². The molecule has 5 nitrogen and oxygen atoms in total. The number of carbonyl (C=O) groups excluding carboxylic acids is 1. The lowest BCUT2D eigenvalue weighted by Crippen LogP contribution is -2.68. The van der Waals surface area contributed by atoms with Crippen LogP contribution in [0.2, 0.25) is 0 Å². The Morgan fingerprint density at radius 2 is 2.23 bits per heavy atom. The van der Waals surface area contributed by atoms with E-state index in [1.807, 2.05) is 12.1 Å². The fourth-order valence-electron chi connectivity index (χ4n) is 5.97. The van der Waals surface area contributed by atoms with Crippen molar-refractivity contribution in [1.82, 2.24) is 4.90 Å². The minimum absolute atomic E-state index is 0.105. The van der Waals surface area contributed by atoms with Crippen LogP contribution in [0.4, 0.5) is 5.69 Å². The van der Waals surface area contributed by atoms with Crippen LogP contribution in [0.25, 0.3) is 0 Å². The van der Waals surface area contributed by atoms with Gasteiger partial charge < -0.3 is 9.47 Å². The lowest BCUT2D eigenvalue weighted by Gasteiger charge is -2.59. The molecule has 3 aliphatic heterocycles. The topological polar surface area (TPSA) is 51.1 Å². The number of aliphatic imine (C=N–C) groups is 1. The van der Waals surface area contributed by atoms with Gasteiger partial charge in [-0.25, -0.2) is 0 Å². The van der Waals surface area contributed by atoms with E-state index in [4.69, 9.17) is 14.5 Å². The molecule has 0 spiro atoms. The second kappa shape index (κ2) is 5.43. The summed E-state index contributed by atoms with van der Waals surface area (Å²) < 4.78 is 10.9. The molecule has 5 heteroatoms. The van der Waals surface area contributed by atoms with Gasteiger partial charge in [-0.05, 0) is 37.3 Å². The molecule has 1 aliphatic carbocycles. The van der Waals surface area contributed by atoms with Crippen LogP contribution < -0.4 is 4.74 Å². The van der Waals surface area contributed by atoms with Crippen LogP contribution >= 0.6 is 0 Å². The van der Waals surface area contributed by atoms with Crippen molar-refractivity contribution in [3.63, 3.8) is 0 Å². The molecule has 4 aliphatic rings. The maximum atomic E-state index is 13.1. The van der Waals surface area contributed by atoms with Crippen LogP contribution in [0, 0.1) is 11.8 Å². The zero-order valence-electron chi connectivity index (χ0n) is 15.5. The van der Waals surface area contributed by atoms with Crippen LogP contribution in [0.15, 0.2) is 34.8 Å². The number of methoxy groups -OCH3 is 2. The van der Waals surface area contributed by atoms with Crippen molar-refractivity contribution in [3.05, 3.63) is 35.4 Å². The van der Waals surface area contributed by atoms with E-state index in [2.05, 4.69) is 24.0 Å². The van der Waals surface area contributed by atoms with Crippen LogP contribution in [-0.4, -0.2) is 49.9 Å². The Morgan fingerprint density at radius 3 is 2.96 bits per heavy atom. The molecule has 2 saturated heterocycles. The van der Waals surface area contributed by atoms with Gasteiger partial charge >= 0.3 is 5.97 Å². The SMILES string of the molecule is CC=C1CN2CC[C@]34C(=Nc5c(OC)cccc53)[C@@H]2C[C@@H]1[C@H]4C(=O)OC. The maximum absolute atomic E-state index is 13.1. The quantitative estimate of drug-likeness (QED) is 0.607. The molecule has 136 valence electrons. The lowest BCUT2D eigenvalue weighted by atomic mass is 9.51. The summed E-state index contributed by atoms with van der Waals surface area (Å²) in [6.45, 7) is 4.01. The van der Waals surface area contributed by atoms with Crippen molar-refractivity contribution < 1.29 is 14.3 Å². The molecule has 0 aromatic heterocycles.